The van der Waals surface area contributed by atoms with Crippen LogP contribution in [0.5, 0.6) is 5.75 Å². The normalized spacial score (nSPS) is 11.5. The average Bonchev–Trinajstić information content (AvgIpc) is 2.90. The molecule has 0 aliphatic carbocycles. The Labute approximate surface area is 109 Å². The Balaban J connectivity index is 2.16. The molecular weight excluding hydrogens is 248 g/mol. The number of ether oxygens (including phenoxy) is 1. The van der Waals surface area contributed by atoms with Gasteiger partial charge in [0.1, 0.15) is 12.4 Å². The molecule has 0 aliphatic heterocycles. The maximum atomic E-state index is 8.65. The zero-order valence-corrected chi connectivity index (χ0v) is 10.8. The van der Waals surface area contributed by atoms with Crippen LogP contribution in [0.15, 0.2) is 40.9 Å². The van der Waals surface area contributed by atoms with Gasteiger partial charge in [-0.2, -0.15) is 0 Å². The van der Waals surface area contributed by atoms with Crippen LogP contribution in [0.1, 0.15) is 16.0 Å². The number of hydrogen-bond donors (Lipinski definition) is 2. The predicted octanol–water partition coefficient (Wildman–Crippen LogP) is 2.73. The van der Waals surface area contributed by atoms with Gasteiger partial charge in [0, 0.05) is 10.4 Å². The molecule has 1 heterocycles. The van der Waals surface area contributed by atoms with E-state index in [1.807, 2.05) is 30.5 Å². The number of rotatable bonds is 4. The summed E-state index contributed by atoms with van der Waals surface area (Å²) in [4.78, 5) is 1.16. The lowest BCUT2D eigenvalue weighted by Gasteiger charge is -2.09. The third-order valence-corrected chi connectivity index (χ3v) is 3.39. The molecule has 0 radical (unpaired) electrons. The van der Waals surface area contributed by atoms with Crippen molar-refractivity contribution in [3.8, 4) is 5.75 Å². The summed E-state index contributed by atoms with van der Waals surface area (Å²) < 4.78 is 5.73. The minimum atomic E-state index is 0.0796. The SMILES string of the molecule is Cc1ccc(/C(N)=N/O)cc1OCc1cccs1. The first-order valence-corrected chi connectivity index (χ1v) is 6.32. The highest BCUT2D eigenvalue weighted by molar-refractivity contribution is 7.09. The van der Waals surface area contributed by atoms with Crippen LogP contribution in [0.3, 0.4) is 0 Å². The molecule has 0 spiro atoms. The van der Waals surface area contributed by atoms with Gasteiger partial charge in [0.15, 0.2) is 5.84 Å². The van der Waals surface area contributed by atoms with E-state index in [4.69, 9.17) is 15.7 Å². The van der Waals surface area contributed by atoms with Gasteiger partial charge in [-0.25, -0.2) is 0 Å². The summed E-state index contributed by atoms with van der Waals surface area (Å²) in [5.41, 5.74) is 7.21. The van der Waals surface area contributed by atoms with Crippen molar-refractivity contribution in [1.29, 1.82) is 0 Å². The van der Waals surface area contributed by atoms with Crippen molar-refractivity contribution in [3.05, 3.63) is 51.7 Å². The molecule has 2 aromatic rings. The van der Waals surface area contributed by atoms with Crippen molar-refractivity contribution in [2.45, 2.75) is 13.5 Å². The summed E-state index contributed by atoms with van der Waals surface area (Å²) in [7, 11) is 0. The first-order chi connectivity index (χ1) is 8.70. The minimum absolute atomic E-state index is 0.0796. The molecule has 94 valence electrons. The molecule has 3 N–H and O–H groups in total. The summed E-state index contributed by atoms with van der Waals surface area (Å²) >= 11 is 1.65. The predicted molar refractivity (Wildman–Crippen MR) is 72.3 cm³/mol. The Hall–Kier alpha value is -2.01. The first kappa shape index (κ1) is 12.4. The fourth-order valence-electron chi connectivity index (χ4n) is 1.52. The topological polar surface area (TPSA) is 67.8 Å². The highest BCUT2D eigenvalue weighted by Gasteiger charge is 2.05. The Morgan fingerprint density at radius 3 is 2.94 bits per heavy atom. The lowest BCUT2D eigenvalue weighted by molar-refractivity contribution is 0.307. The minimum Gasteiger partial charge on any atom is -0.488 e. The fraction of sp³-hybridized carbons (Fsp3) is 0.154. The summed E-state index contributed by atoms with van der Waals surface area (Å²) in [6.07, 6.45) is 0. The van der Waals surface area contributed by atoms with Gasteiger partial charge >= 0.3 is 0 Å². The van der Waals surface area contributed by atoms with Crippen molar-refractivity contribution in [2.24, 2.45) is 10.9 Å². The van der Waals surface area contributed by atoms with Gasteiger partial charge in [0.25, 0.3) is 0 Å². The highest BCUT2D eigenvalue weighted by atomic mass is 32.1. The standard InChI is InChI=1S/C13H14N2O2S/c1-9-4-5-10(13(14)15-16)7-12(9)17-8-11-3-2-6-18-11/h2-7,16H,8H2,1H3,(H2,14,15). The zero-order chi connectivity index (χ0) is 13.0. The van der Waals surface area contributed by atoms with E-state index in [0.717, 1.165) is 16.2 Å². The Kier molecular flexibility index (Phi) is 3.84. The number of nitrogens with two attached hydrogens (primary N) is 1. The third-order valence-electron chi connectivity index (χ3n) is 2.54. The molecule has 0 fully saturated rings. The van der Waals surface area contributed by atoms with Crippen LogP contribution < -0.4 is 10.5 Å². The van der Waals surface area contributed by atoms with Gasteiger partial charge in [-0.05, 0) is 30.0 Å². The second-order valence-corrected chi connectivity index (χ2v) is 4.87. The van der Waals surface area contributed by atoms with Crippen molar-refractivity contribution < 1.29 is 9.94 Å². The van der Waals surface area contributed by atoms with E-state index in [1.165, 1.54) is 0 Å². The molecule has 0 unspecified atom stereocenters. The van der Waals surface area contributed by atoms with Crippen LogP contribution in [0.4, 0.5) is 0 Å². The number of nitrogens with zero attached hydrogens (tertiary/aromatic N) is 1. The van der Waals surface area contributed by atoms with Crippen LogP contribution in [0.25, 0.3) is 0 Å². The molecule has 1 aromatic heterocycles. The van der Waals surface area contributed by atoms with Gasteiger partial charge in [-0.1, -0.05) is 23.4 Å². The van der Waals surface area contributed by atoms with Gasteiger partial charge < -0.3 is 15.7 Å². The molecule has 0 saturated heterocycles. The Bertz CT molecular complexity index is 550. The van der Waals surface area contributed by atoms with E-state index in [1.54, 1.807) is 23.5 Å². The number of amidine groups is 1. The summed E-state index contributed by atoms with van der Waals surface area (Å²) in [6.45, 7) is 2.48. The molecule has 2 rings (SSSR count). The van der Waals surface area contributed by atoms with Crippen LogP contribution in [0.2, 0.25) is 0 Å². The molecule has 0 amide bonds. The second kappa shape index (κ2) is 5.55. The Morgan fingerprint density at radius 2 is 2.28 bits per heavy atom. The molecule has 4 nitrogen and oxygen atoms in total. The van der Waals surface area contributed by atoms with Crippen LogP contribution in [0, 0.1) is 6.92 Å². The van der Waals surface area contributed by atoms with Crippen LogP contribution in [-0.2, 0) is 6.61 Å². The lowest BCUT2D eigenvalue weighted by Crippen LogP contribution is -2.13. The third kappa shape index (κ3) is 2.81. The number of hydrogen-bond acceptors (Lipinski definition) is 4. The number of thiophene rings is 1. The van der Waals surface area contributed by atoms with Crippen molar-refractivity contribution in [1.82, 2.24) is 0 Å². The molecule has 0 aliphatic rings. The van der Waals surface area contributed by atoms with E-state index in [9.17, 15) is 0 Å². The maximum Gasteiger partial charge on any atom is 0.170 e. The molecule has 1 aromatic carbocycles. The molecule has 0 bridgehead atoms. The molecular formula is C13H14N2O2S. The molecule has 5 heteroatoms. The van der Waals surface area contributed by atoms with Crippen LogP contribution in [-0.4, -0.2) is 11.0 Å². The number of aryl methyl sites for hydroxylation is 1. The lowest BCUT2D eigenvalue weighted by atomic mass is 10.1. The smallest absolute Gasteiger partial charge is 0.170 e. The number of benzene rings is 1. The second-order valence-electron chi connectivity index (χ2n) is 3.83. The summed E-state index contributed by atoms with van der Waals surface area (Å²) in [5, 5.41) is 13.6. The largest absolute Gasteiger partial charge is 0.488 e. The maximum absolute atomic E-state index is 8.65. The van der Waals surface area contributed by atoms with E-state index in [0.29, 0.717) is 12.2 Å². The average molecular weight is 262 g/mol. The van der Waals surface area contributed by atoms with Gasteiger partial charge in [-0.3, -0.25) is 0 Å². The Morgan fingerprint density at radius 1 is 1.44 bits per heavy atom. The highest BCUT2D eigenvalue weighted by Crippen LogP contribution is 2.21. The first-order valence-electron chi connectivity index (χ1n) is 5.44. The van der Waals surface area contributed by atoms with E-state index >= 15 is 0 Å². The molecule has 0 saturated carbocycles. The van der Waals surface area contributed by atoms with Crippen LogP contribution >= 0.6 is 11.3 Å². The van der Waals surface area contributed by atoms with E-state index in [2.05, 4.69) is 5.16 Å². The van der Waals surface area contributed by atoms with Gasteiger partial charge in [0.05, 0.1) is 0 Å². The quantitative estimate of drug-likeness (QED) is 0.385. The molecule has 0 atom stereocenters. The zero-order valence-electron chi connectivity index (χ0n) is 9.96. The van der Waals surface area contributed by atoms with E-state index in [-0.39, 0.29) is 5.84 Å². The van der Waals surface area contributed by atoms with Crippen molar-refractivity contribution in [3.63, 3.8) is 0 Å². The van der Waals surface area contributed by atoms with E-state index < -0.39 is 0 Å². The summed E-state index contributed by atoms with van der Waals surface area (Å²) in [6, 6.07) is 9.47. The van der Waals surface area contributed by atoms with Gasteiger partial charge in [-0.15, -0.1) is 11.3 Å². The summed E-state index contributed by atoms with van der Waals surface area (Å²) in [5.74, 6) is 0.823. The fourth-order valence-corrected chi connectivity index (χ4v) is 2.13. The monoisotopic (exact) mass is 262 g/mol. The van der Waals surface area contributed by atoms with Crippen molar-refractivity contribution >= 4 is 17.2 Å². The molecule has 18 heavy (non-hydrogen) atoms. The van der Waals surface area contributed by atoms with Crippen molar-refractivity contribution in [2.75, 3.05) is 0 Å². The van der Waals surface area contributed by atoms with Gasteiger partial charge in [0.2, 0.25) is 0 Å². The number of oxime groups is 1.